The van der Waals surface area contributed by atoms with Crippen LogP contribution in [-0.2, 0) is 4.74 Å². The van der Waals surface area contributed by atoms with Crippen molar-refractivity contribution in [1.82, 2.24) is 9.80 Å². The lowest BCUT2D eigenvalue weighted by molar-refractivity contribution is -0.0105. The highest BCUT2D eigenvalue weighted by molar-refractivity contribution is 4.85. The van der Waals surface area contributed by atoms with Crippen molar-refractivity contribution in [2.75, 3.05) is 39.3 Å². The number of nitrogens with zero attached hydrogens (tertiary/aromatic N) is 2. The standard InChI is InChI=1S/C16H30N2O/c1-3-9-17(10-4-1)13-15-7-6-11-18(15)14-16-8-2-5-12-19-16/h15-16H,1-14H2/t15-,16+/m1/s1. The molecule has 0 radical (unpaired) electrons. The van der Waals surface area contributed by atoms with Crippen LogP contribution in [0.5, 0.6) is 0 Å². The molecule has 0 unspecified atom stereocenters. The Kier molecular flexibility index (Phi) is 5.14. The molecule has 3 heterocycles. The normalized spacial score (nSPS) is 34.7. The predicted molar refractivity (Wildman–Crippen MR) is 78.5 cm³/mol. The Bertz CT molecular complexity index is 233. The van der Waals surface area contributed by atoms with Gasteiger partial charge >= 0.3 is 0 Å². The third-order valence-electron chi connectivity index (χ3n) is 5.13. The fraction of sp³-hybridized carbons (Fsp3) is 1.00. The fourth-order valence-electron chi connectivity index (χ4n) is 4.00. The summed E-state index contributed by atoms with van der Waals surface area (Å²) in [6.45, 7) is 7.48. The highest BCUT2D eigenvalue weighted by atomic mass is 16.5. The molecule has 0 amide bonds. The first kappa shape index (κ1) is 13.8. The highest BCUT2D eigenvalue weighted by Crippen LogP contribution is 2.23. The van der Waals surface area contributed by atoms with E-state index in [1.807, 2.05) is 0 Å². The van der Waals surface area contributed by atoms with Crippen molar-refractivity contribution in [3.05, 3.63) is 0 Å². The molecule has 3 aliphatic rings. The van der Waals surface area contributed by atoms with E-state index in [4.69, 9.17) is 4.74 Å². The minimum absolute atomic E-state index is 0.524. The summed E-state index contributed by atoms with van der Waals surface area (Å²) < 4.78 is 5.92. The van der Waals surface area contributed by atoms with Crippen LogP contribution in [0.2, 0.25) is 0 Å². The largest absolute Gasteiger partial charge is 0.377 e. The van der Waals surface area contributed by atoms with Crippen LogP contribution in [0.3, 0.4) is 0 Å². The lowest BCUT2D eigenvalue weighted by atomic mass is 10.1. The van der Waals surface area contributed by atoms with Crippen LogP contribution in [0.4, 0.5) is 0 Å². The lowest BCUT2D eigenvalue weighted by Crippen LogP contribution is -2.45. The quantitative estimate of drug-likeness (QED) is 0.777. The monoisotopic (exact) mass is 266 g/mol. The van der Waals surface area contributed by atoms with Crippen LogP contribution >= 0.6 is 0 Å². The van der Waals surface area contributed by atoms with Crippen molar-refractivity contribution in [3.63, 3.8) is 0 Å². The average Bonchev–Trinajstić information content (AvgIpc) is 2.88. The van der Waals surface area contributed by atoms with Gasteiger partial charge in [-0.05, 0) is 64.6 Å². The van der Waals surface area contributed by atoms with Gasteiger partial charge in [0.05, 0.1) is 6.10 Å². The molecule has 2 atom stereocenters. The highest BCUT2D eigenvalue weighted by Gasteiger charge is 2.29. The topological polar surface area (TPSA) is 15.7 Å². The van der Waals surface area contributed by atoms with E-state index >= 15 is 0 Å². The summed E-state index contributed by atoms with van der Waals surface area (Å²) in [6, 6.07) is 0.809. The van der Waals surface area contributed by atoms with E-state index in [-0.39, 0.29) is 0 Å². The average molecular weight is 266 g/mol. The maximum Gasteiger partial charge on any atom is 0.0702 e. The van der Waals surface area contributed by atoms with Crippen LogP contribution in [0.25, 0.3) is 0 Å². The number of ether oxygens (including phenoxy) is 1. The third-order valence-corrected chi connectivity index (χ3v) is 5.13. The van der Waals surface area contributed by atoms with Crippen LogP contribution in [0.1, 0.15) is 51.4 Å². The summed E-state index contributed by atoms with van der Waals surface area (Å²) in [7, 11) is 0. The summed E-state index contributed by atoms with van der Waals surface area (Å²) in [6.07, 6.45) is 11.5. The minimum Gasteiger partial charge on any atom is -0.377 e. The number of rotatable bonds is 4. The Morgan fingerprint density at radius 3 is 2.47 bits per heavy atom. The Morgan fingerprint density at radius 2 is 1.68 bits per heavy atom. The van der Waals surface area contributed by atoms with Gasteiger partial charge < -0.3 is 9.64 Å². The second-order valence-electron chi connectivity index (χ2n) is 6.64. The molecule has 0 aromatic heterocycles. The smallest absolute Gasteiger partial charge is 0.0702 e. The van der Waals surface area contributed by atoms with Crippen LogP contribution < -0.4 is 0 Å². The van der Waals surface area contributed by atoms with Gasteiger partial charge in [0, 0.05) is 25.7 Å². The van der Waals surface area contributed by atoms with E-state index in [0.29, 0.717) is 6.10 Å². The molecule has 0 N–H and O–H groups in total. The van der Waals surface area contributed by atoms with Crippen LogP contribution in [0.15, 0.2) is 0 Å². The minimum atomic E-state index is 0.524. The summed E-state index contributed by atoms with van der Waals surface area (Å²) in [5.41, 5.74) is 0. The van der Waals surface area contributed by atoms with Gasteiger partial charge in [0.2, 0.25) is 0 Å². The zero-order valence-electron chi connectivity index (χ0n) is 12.4. The molecular formula is C16H30N2O. The number of hydrogen-bond acceptors (Lipinski definition) is 3. The van der Waals surface area contributed by atoms with Gasteiger partial charge in [0.25, 0.3) is 0 Å². The third kappa shape index (κ3) is 3.93. The molecule has 0 aliphatic carbocycles. The molecule has 3 heteroatoms. The molecule has 3 nitrogen and oxygen atoms in total. The molecule has 3 saturated heterocycles. The zero-order valence-corrected chi connectivity index (χ0v) is 12.4. The lowest BCUT2D eigenvalue weighted by Gasteiger charge is -2.35. The maximum atomic E-state index is 5.92. The summed E-state index contributed by atoms with van der Waals surface area (Å²) in [5.74, 6) is 0. The molecule has 3 rings (SSSR count). The summed E-state index contributed by atoms with van der Waals surface area (Å²) in [4.78, 5) is 5.43. The first-order valence-corrected chi connectivity index (χ1v) is 8.50. The van der Waals surface area contributed by atoms with E-state index in [0.717, 1.165) is 12.6 Å². The van der Waals surface area contributed by atoms with Crippen LogP contribution in [-0.4, -0.2) is 61.3 Å². The second kappa shape index (κ2) is 7.05. The summed E-state index contributed by atoms with van der Waals surface area (Å²) in [5, 5.41) is 0. The molecule has 3 fully saturated rings. The van der Waals surface area contributed by atoms with Crippen molar-refractivity contribution >= 4 is 0 Å². The van der Waals surface area contributed by atoms with Crippen molar-refractivity contribution in [3.8, 4) is 0 Å². The Morgan fingerprint density at radius 1 is 0.789 bits per heavy atom. The molecule has 0 aromatic rings. The van der Waals surface area contributed by atoms with E-state index in [9.17, 15) is 0 Å². The van der Waals surface area contributed by atoms with Gasteiger partial charge in [-0.2, -0.15) is 0 Å². The molecule has 0 bridgehead atoms. The summed E-state index contributed by atoms with van der Waals surface area (Å²) >= 11 is 0. The van der Waals surface area contributed by atoms with Crippen molar-refractivity contribution in [1.29, 1.82) is 0 Å². The van der Waals surface area contributed by atoms with E-state index in [2.05, 4.69) is 9.80 Å². The Labute approximate surface area is 118 Å². The Balaban J connectivity index is 1.46. The van der Waals surface area contributed by atoms with Gasteiger partial charge in [-0.3, -0.25) is 4.90 Å². The van der Waals surface area contributed by atoms with E-state index in [1.54, 1.807) is 0 Å². The molecule has 19 heavy (non-hydrogen) atoms. The predicted octanol–water partition coefficient (Wildman–Crippen LogP) is 2.51. The number of likely N-dealkylation sites (tertiary alicyclic amines) is 2. The first-order valence-electron chi connectivity index (χ1n) is 8.50. The first-order chi connectivity index (χ1) is 9.42. The SMILES string of the molecule is C1CCN(C[C@H]2CCCN2C[C@@H]2CCCCO2)CC1. The van der Waals surface area contributed by atoms with Crippen molar-refractivity contribution in [2.24, 2.45) is 0 Å². The molecule has 0 aromatic carbocycles. The van der Waals surface area contributed by atoms with Gasteiger partial charge in [0.15, 0.2) is 0 Å². The molecule has 110 valence electrons. The van der Waals surface area contributed by atoms with Gasteiger partial charge in [-0.1, -0.05) is 6.42 Å². The number of piperidine rings is 1. The zero-order chi connectivity index (χ0) is 12.9. The van der Waals surface area contributed by atoms with E-state index in [1.165, 1.54) is 84.1 Å². The number of hydrogen-bond donors (Lipinski definition) is 0. The molecule has 0 saturated carbocycles. The van der Waals surface area contributed by atoms with Gasteiger partial charge in [-0.15, -0.1) is 0 Å². The fourth-order valence-corrected chi connectivity index (χ4v) is 4.00. The Hall–Kier alpha value is -0.120. The van der Waals surface area contributed by atoms with Crippen molar-refractivity contribution in [2.45, 2.75) is 63.5 Å². The second-order valence-corrected chi connectivity index (χ2v) is 6.64. The van der Waals surface area contributed by atoms with Gasteiger partial charge in [0.1, 0.15) is 0 Å². The van der Waals surface area contributed by atoms with Crippen molar-refractivity contribution < 1.29 is 4.74 Å². The van der Waals surface area contributed by atoms with Gasteiger partial charge in [-0.25, -0.2) is 0 Å². The van der Waals surface area contributed by atoms with Crippen LogP contribution in [0, 0.1) is 0 Å². The maximum absolute atomic E-state index is 5.92. The van der Waals surface area contributed by atoms with E-state index < -0.39 is 0 Å². The molecular weight excluding hydrogens is 236 g/mol. The molecule has 3 aliphatic heterocycles. The molecule has 0 spiro atoms.